The first-order valence-electron chi connectivity index (χ1n) is 8.73. The molecule has 0 saturated carbocycles. The highest BCUT2D eigenvalue weighted by molar-refractivity contribution is 6.30. The Bertz CT molecular complexity index is 926. The number of carbonyl (C=O) groups is 2. The molecule has 4 rings (SSSR count). The number of fused-ring (bicyclic) bond motifs is 1. The normalized spacial score (nSPS) is 21.6. The molecule has 138 valence electrons. The van der Waals surface area contributed by atoms with Crippen LogP contribution in [0.2, 0.25) is 5.02 Å². The van der Waals surface area contributed by atoms with Crippen LogP contribution >= 0.6 is 11.6 Å². The number of benzene rings is 2. The number of hydrogen-bond donors (Lipinski definition) is 1. The van der Waals surface area contributed by atoms with Gasteiger partial charge in [-0.1, -0.05) is 41.0 Å². The third kappa shape index (κ3) is 3.40. The zero-order valence-corrected chi connectivity index (χ0v) is 15.4. The van der Waals surface area contributed by atoms with Crippen LogP contribution in [0.5, 0.6) is 0 Å². The van der Waals surface area contributed by atoms with Gasteiger partial charge in [0.25, 0.3) is 5.91 Å². The molecule has 0 aliphatic carbocycles. The second kappa shape index (κ2) is 7.04. The molecule has 2 aliphatic heterocycles. The van der Waals surface area contributed by atoms with Crippen molar-refractivity contribution in [1.82, 2.24) is 0 Å². The van der Waals surface area contributed by atoms with E-state index in [4.69, 9.17) is 16.4 Å². The van der Waals surface area contributed by atoms with Crippen molar-refractivity contribution in [3.05, 3.63) is 59.1 Å². The van der Waals surface area contributed by atoms with E-state index in [0.717, 1.165) is 5.56 Å². The molecule has 0 unspecified atom stereocenters. The predicted octanol–water partition coefficient (Wildman–Crippen LogP) is 3.60. The van der Waals surface area contributed by atoms with Gasteiger partial charge in [0.2, 0.25) is 12.0 Å². The van der Waals surface area contributed by atoms with Gasteiger partial charge in [-0.25, -0.2) is 0 Å². The molecule has 0 saturated heterocycles. The average Bonchev–Trinajstić information content (AvgIpc) is 3.09. The predicted molar refractivity (Wildman–Crippen MR) is 104 cm³/mol. The smallest absolute Gasteiger partial charge is 0.271 e. The summed E-state index contributed by atoms with van der Waals surface area (Å²) < 4.78 is 0. The van der Waals surface area contributed by atoms with Crippen LogP contribution in [0.3, 0.4) is 0 Å². The molecular formula is C20H18ClN3O3. The van der Waals surface area contributed by atoms with Crippen molar-refractivity contribution in [3.63, 3.8) is 0 Å². The minimum Gasteiger partial charge on any atom is -0.382 e. The zero-order chi connectivity index (χ0) is 19.0. The molecule has 27 heavy (non-hydrogen) atoms. The van der Waals surface area contributed by atoms with Gasteiger partial charge in [0.15, 0.2) is 0 Å². The first kappa shape index (κ1) is 17.5. The van der Waals surface area contributed by atoms with E-state index in [1.54, 1.807) is 23.1 Å². The van der Waals surface area contributed by atoms with Gasteiger partial charge in [-0.15, -0.1) is 0 Å². The maximum atomic E-state index is 13.2. The van der Waals surface area contributed by atoms with Crippen LogP contribution in [0.25, 0.3) is 0 Å². The number of nitrogens with zero attached hydrogens (tertiary/aromatic N) is 2. The number of nitrogens with one attached hydrogen (secondary N) is 1. The van der Waals surface area contributed by atoms with Crippen LogP contribution in [0.4, 0.5) is 11.4 Å². The number of amides is 2. The fourth-order valence-electron chi connectivity index (χ4n) is 3.40. The van der Waals surface area contributed by atoms with Crippen LogP contribution in [0, 0.1) is 0 Å². The van der Waals surface area contributed by atoms with Crippen molar-refractivity contribution >= 4 is 40.5 Å². The molecule has 2 aliphatic rings. The van der Waals surface area contributed by atoms with Crippen LogP contribution in [-0.4, -0.2) is 29.7 Å². The Morgan fingerprint density at radius 2 is 1.93 bits per heavy atom. The lowest BCUT2D eigenvalue weighted by atomic mass is 10.0. The minimum atomic E-state index is -0.723. The van der Waals surface area contributed by atoms with E-state index >= 15 is 0 Å². The minimum absolute atomic E-state index is 0.115. The number of rotatable bonds is 2. The summed E-state index contributed by atoms with van der Waals surface area (Å²) >= 11 is 5.92. The highest BCUT2D eigenvalue weighted by Crippen LogP contribution is 2.33. The Hall–Kier alpha value is -2.86. The molecule has 2 aromatic carbocycles. The van der Waals surface area contributed by atoms with E-state index in [9.17, 15) is 9.59 Å². The summed E-state index contributed by atoms with van der Waals surface area (Å²) in [5, 5.41) is 7.59. The molecule has 2 atom stereocenters. The number of hydrogen-bond acceptors (Lipinski definition) is 4. The Labute approximate surface area is 161 Å². The second-order valence-electron chi connectivity index (χ2n) is 6.67. The van der Waals surface area contributed by atoms with Crippen molar-refractivity contribution < 1.29 is 14.4 Å². The van der Waals surface area contributed by atoms with Crippen molar-refractivity contribution in [2.24, 2.45) is 5.16 Å². The van der Waals surface area contributed by atoms with Crippen LogP contribution in [0.1, 0.15) is 25.3 Å². The van der Waals surface area contributed by atoms with Crippen LogP contribution in [-0.2, 0) is 14.4 Å². The molecule has 0 spiro atoms. The van der Waals surface area contributed by atoms with Crippen LogP contribution in [0.15, 0.2) is 53.7 Å². The summed E-state index contributed by atoms with van der Waals surface area (Å²) in [6.45, 7) is 1.86. The first-order valence-corrected chi connectivity index (χ1v) is 9.11. The second-order valence-corrected chi connectivity index (χ2v) is 7.11. The maximum Gasteiger partial charge on any atom is 0.271 e. The molecule has 0 fully saturated rings. The summed E-state index contributed by atoms with van der Waals surface area (Å²) in [7, 11) is 0. The summed E-state index contributed by atoms with van der Waals surface area (Å²) in [4.78, 5) is 32.4. The lowest BCUT2D eigenvalue weighted by molar-refractivity contribution is -0.129. The van der Waals surface area contributed by atoms with E-state index in [0.29, 0.717) is 28.5 Å². The van der Waals surface area contributed by atoms with E-state index in [-0.39, 0.29) is 24.3 Å². The number of anilines is 2. The lowest BCUT2D eigenvalue weighted by Gasteiger charge is -2.29. The van der Waals surface area contributed by atoms with Gasteiger partial charge in [0.1, 0.15) is 0 Å². The molecule has 2 amide bonds. The number of oxime groups is 1. The van der Waals surface area contributed by atoms with Crippen molar-refractivity contribution in [2.45, 2.75) is 31.9 Å². The molecule has 2 heterocycles. The topological polar surface area (TPSA) is 71.0 Å². The van der Waals surface area contributed by atoms with Gasteiger partial charge < -0.3 is 15.1 Å². The van der Waals surface area contributed by atoms with Gasteiger partial charge >= 0.3 is 0 Å². The SMILES string of the molecule is C[C@H]1CC(=O)Nc2ccccc2N1C(=O)[C@@H]1CC(c2ccc(Cl)cc2)=NO1. The zero-order valence-electron chi connectivity index (χ0n) is 14.7. The van der Waals surface area contributed by atoms with Gasteiger partial charge in [-0.2, -0.15) is 0 Å². The monoisotopic (exact) mass is 383 g/mol. The molecule has 1 N–H and O–H groups in total. The average molecular weight is 384 g/mol. The standard InChI is InChI=1S/C20H18ClN3O3/c1-12-10-19(25)22-15-4-2-3-5-17(15)24(12)20(26)18-11-16(23-27-18)13-6-8-14(21)9-7-13/h2-9,12,18H,10-11H2,1H3,(H,22,25)/t12-,18-/m0/s1. The van der Waals surface area contributed by atoms with Gasteiger partial charge in [-0.05, 0) is 36.8 Å². The molecule has 2 aromatic rings. The van der Waals surface area contributed by atoms with Gasteiger partial charge in [0.05, 0.1) is 17.1 Å². The van der Waals surface area contributed by atoms with E-state index < -0.39 is 6.10 Å². The molecular weight excluding hydrogens is 366 g/mol. The van der Waals surface area contributed by atoms with Crippen LogP contribution < -0.4 is 10.2 Å². The third-order valence-corrected chi connectivity index (χ3v) is 4.97. The molecule has 6 nitrogen and oxygen atoms in total. The molecule has 0 radical (unpaired) electrons. The fraction of sp³-hybridized carbons (Fsp3) is 0.250. The number of para-hydroxylation sites is 2. The van der Waals surface area contributed by atoms with E-state index in [2.05, 4.69) is 10.5 Å². The number of carbonyl (C=O) groups excluding carboxylic acids is 2. The van der Waals surface area contributed by atoms with Gasteiger partial charge in [-0.3, -0.25) is 9.59 Å². The molecule has 0 bridgehead atoms. The Balaban J connectivity index is 1.58. The summed E-state index contributed by atoms with van der Waals surface area (Å²) in [6.07, 6.45) is -0.134. The van der Waals surface area contributed by atoms with Gasteiger partial charge in [0, 0.05) is 23.9 Å². The molecule has 0 aromatic heterocycles. The lowest BCUT2D eigenvalue weighted by Crippen LogP contribution is -2.45. The largest absolute Gasteiger partial charge is 0.382 e. The van der Waals surface area contributed by atoms with E-state index in [1.807, 2.05) is 37.3 Å². The van der Waals surface area contributed by atoms with E-state index in [1.165, 1.54) is 0 Å². The summed E-state index contributed by atoms with van der Waals surface area (Å²) in [5.41, 5.74) is 2.87. The molecule has 7 heteroatoms. The third-order valence-electron chi connectivity index (χ3n) is 4.72. The number of halogens is 1. The Morgan fingerprint density at radius 1 is 1.19 bits per heavy atom. The highest BCUT2D eigenvalue weighted by atomic mass is 35.5. The maximum absolute atomic E-state index is 13.2. The first-order chi connectivity index (χ1) is 13.0. The van der Waals surface area contributed by atoms with Crippen molar-refractivity contribution in [1.29, 1.82) is 0 Å². The Kier molecular flexibility index (Phi) is 4.58. The summed E-state index contributed by atoms with van der Waals surface area (Å²) in [5.74, 6) is -0.324. The summed E-state index contributed by atoms with van der Waals surface area (Å²) in [6, 6.07) is 14.2. The quantitative estimate of drug-likeness (QED) is 0.861. The highest BCUT2D eigenvalue weighted by Gasteiger charge is 2.37. The van der Waals surface area contributed by atoms with Crippen molar-refractivity contribution in [2.75, 3.05) is 10.2 Å². The fourth-order valence-corrected chi connectivity index (χ4v) is 3.53. The van der Waals surface area contributed by atoms with Crippen molar-refractivity contribution in [3.8, 4) is 0 Å². The Morgan fingerprint density at radius 3 is 2.70 bits per heavy atom.